The lowest BCUT2D eigenvalue weighted by Crippen LogP contribution is -2.39. The maximum Gasteiger partial charge on any atom is -0.0169 e. The minimum Gasteiger partial charge on any atom is -0.0874 e. The van der Waals surface area contributed by atoms with Crippen LogP contribution in [0.25, 0.3) is 0 Å². The number of rotatable bonds is 2. The SMILES string of the molecule is CC(C)C1(C(C)C)CC=CC(C)(C)C1. The molecule has 0 bridgehead atoms. The van der Waals surface area contributed by atoms with E-state index >= 15 is 0 Å². The van der Waals surface area contributed by atoms with E-state index in [-0.39, 0.29) is 0 Å². The van der Waals surface area contributed by atoms with E-state index in [0.717, 1.165) is 11.8 Å². The Morgan fingerprint density at radius 3 is 1.79 bits per heavy atom. The fourth-order valence-electron chi connectivity index (χ4n) is 3.12. The molecule has 0 amide bonds. The minimum atomic E-state index is 0.396. The maximum absolute atomic E-state index is 2.41. The Hall–Kier alpha value is -0.260. The van der Waals surface area contributed by atoms with Crippen LogP contribution in [-0.4, -0.2) is 0 Å². The predicted molar refractivity (Wildman–Crippen MR) is 64.3 cm³/mol. The number of hydrogen-bond donors (Lipinski definition) is 0. The van der Waals surface area contributed by atoms with Gasteiger partial charge in [-0.25, -0.2) is 0 Å². The van der Waals surface area contributed by atoms with Crippen LogP contribution >= 0.6 is 0 Å². The highest BCUT2D eigenvalue weighted by atomic mass is 14.5. The summed E-state index contributed by atoms with van der Waals surface area (Å²) >= 11 is 0. The third-order valence-corrected chi connectivity index (χ3v) is 4.15. The maximum atomic E-state index is 2.41. The minimum absolute atomic E-state index is 0.396. The summed E-state index contributed by atoms with van der Waals surface area (Å²) in [6.07, 6.45) is 7.41. The Bertz CT molecular complexity index is 210. The predicted octanol–water partition coefficient (Wildman–Crippen LogP) is 4.66. The molecule has 0 N–H and O–H groups in total. The zero-order valence-corrected chi connectivity index (χ0v) is 10.7. The summed E-state index contributed by atoms with van der Waals surface area (Å²) in [4.78, 5) is 0. The van der Waals surface area contributed by atoms with Crippen molar-refractivity contribution in [3.05, 3.63) is 12.2 Å². The molecule has 0 saturated carbocycles. The van der Waals surface area contributed by atoms with E-state index in [1.165, 1.54) is 12.8 Å². The molecule has 0 unspecified atom stereocenters. The standard InChI is InChI=1S/C14H26/c1-11(2)14(12(3)4)9-7-8-13(5,6)10-14/h7-8,11-12H,9-10H2,1-6H3. The van der Waals surface area contributed by atoms with Gasteiger partial charge in [-0.1, -0.05) is 53.7 Å². The highest BCUT2D eigenvalue weighted by Gasteiger charge is 2.41. The van der Waals surface area contributed by atoms with Gasteiger partial charge in [-0.15, -0.1) is 0 Å². The van der Waals surface area contributed by atoms with Gasteiger partial charge in [0, 0.05) is 0 Å². The number of hydrogen-bond acceptors (Lipinski definition) is 0. The number of allylic oxidation sites excluding steroid dienone is 2. The normalized spacial score (nSPS) is 24.6. The lowest BCUT2D eigenvalue weighted by molar-refractivity contribution is 0.0555. The highest BCUT2D eigenvalue weighted by Crippen LogP contribution is 2.51. The lowest BCUT2D eigenvalue weighted by atomic mass is 9.57. The average molecular weight is 194 g/mol. The molecule has 0 nitrogen and oxygen atoms in total. The van der Waals surface area contributed by atoms with Gasteiger partial charge in [0.1, 0.15) is 0 Å². The van der Waals surface area contributed by atoms with E-state index in [1.54, 1.807) is 0 Å². The van der Waals surface area contributed by atoms with E-state index in [9.17, 15) is 0 Å². The average Bonchev–Trinajstić information content (AvgIpc) is 2.01. The summed E-state index contributed by atoms with van der Waals surface area (Å²) in [5, 5.41) is 0. The van der Waals surface area contributed by atoms with Crippen LogP contribution in [0.3, 0.4) is 0 Å². The molecule has 1 aliphatic carbocycles. The van der Waals surface area contributed by atoms with Crippen molar-refractivity contribution in [2.75, 3.05) is 0 Å². The molecule has 0 spiro atoms. The summed E-state index contributed by atoms with van der Waals surface area (Å²) in [6, 6.07) is 0. The van der Waals surface area contributed by atoms with Crippen LogP contribution < -0.4 is 0 Å². The Morgan fingerprint density at radius 2 is 1.50 bits per heavy atom. The third kappa shape index (κ3) is 2.04. The van der Waals surface area contributed by atoms with Gasteiger partial charge in [0.05, 0.1) is 0 Å². The van der Waals surface area contributed by atoms with Crippen molar-refractivity contribution >= 4 is 0 Å². The smallest absolute Gasteiger partial charge is 0.0169 e. The zero-order valence-electron chi connectivity index (χ0n) is 10.7. The van der Waals surface area contributed by atoms with Crippen LogP contribution in [-0.2, 0) is 0 Å². The van der Waals surface area contributed by atoms with Crippen LogP contribution in [0.4, 0.5) is 0 Å². The topological polar surface area (TPSA) is 0 Å². The monoisotopic (exact) mass is 194 g/mol. The first-order valence-corrected chi connectivity index (χ1v) is 5.98. The third-order valence-electron chi connectivity index (χ3n) is 4.15. The van der Waals surface area contributed by atoms with Gasteiger partial charge in [0.25, 0.3) is 0 Å². The van der Waals surface area contributed by atoms with Gasteiger partial charge in [-0.2, -0.15) is 0 Å². The highest BCUT2D eigenvalue weighted by molar-refractivity contribution is 5.08. The van der Waals surface area contributed by atoms with Gasteiger partial charge < -0.3 is 0 Å². The molecular weight excluding hydrogens is 168 g/mol. The van der Waals surface area contributed by atoms with Gasteiger partial charge >= 0.3 is 0 Å². The molecule has 1 aliphatic rings. The van der Waals surface area contributed by atoms with Crippen molar-refractivity contribution in [3.63, 3.8) is 0 Å². The Labute approximate surface area is 89.8 Å². The van der Waals surface area contributed by atoms with Gasteiger partial charge in [-0.05, 0) is 35.5 Å². The molecule has 0 aliphatic heterocycles. The van der Waals surface area contributed by atoms with Crippen LogP contribution in [0.2, 0.25) is 0 Å². The zero-order chi connectivity index (χ0) is 11.0. The first-order chi connectivity index (χ1) is 6.30. The molecular formula is C14H26. The van der Waals surface area contributed by atoms with E-state index in [0.29, 0.717) is 10.8 Å². The molecule has 0 radical (unpaired) electrons. The molecule has 0 saturated heterocycles. The summed E-state index contributed by atoms with van der Waals surface area (Å²) < 4.78 is 0. The van der Waals surface area contributed by atoms with Crippen LogP contribution in [0, 0.1) is 22.7 Å². The molecule has 82 valence electrons. The Morgan fingerprint density at radius 1 is 1.00 bits per heavy atom. The van der Waals surface area contributed by atoms with Gasteiger partial charge in [0.2, 0.25) is 0 Å². The Balaban J connectivity index is 2.97. The molecule has 0 heterocycles. The Kier molecular flexibility index (Phi) is 3.13. The van der Waals surface area contributed by atoms with E-state index in [2.05, 4.69) is 53.7 Å². The molecule has 0 fully saturated rings. The summed E-state index contributed by atoms with van der Waals surface area (Å²) in [7, 11) is 0. The summed E-state index contributed by atoms with van der Waals surface area (Å²) in [5.41, 5.74) is 0.922. The van der Waals surface area contributed by atoms with Crippen molar-refractivity contribution in [1.29, 1.82) is 0 Å². The van der Waals surface area contributed by atoms with Crippen LogP contribution in [0.1, 0.15) is 54.4 Å². The van der Waals surface area contributed by atoms with Crippen molar-refractivity contribution in [3.8, 4) is 0 Å². The first-order valence-electron chi connectivity index (χ1n) is 5.98. The molecule has 0 aromatic heterocycles. The van der Waals surface area contributed by atoms with Gasteiger partial charge in [0.15, 0.2) is 0 Å². The lowest BCUT2D eigenvalue weighted by Gasteiger charge is -2.48. The van der Waals surface area contributed by atoms with Crippen molar-refractivity contribution < 1.29 is 0 Å². The molecule has 0 aromatic rings. The molecule has 0 heteroatoms. The fourth-order valence-corrected chi connectivity index (χ4v) is 3.12. The van der Waals surface area contributed by atoms with E-state index < -0.39 is 0 Å². The van der Waals surface area contributed by atoms with E-state index in [4.69, 9.17) is 0 Å². The first kappa shape index (κ1) is 11.8. The second-order valence-electron chi connectivity index (χ2n) is 6.31. The molecule has 1 rings (SSSR count). The molecule has 14 heavy (non-hydrogen) atoms. The second-order valence-corrected chi connectivity index (χ2v) is 6.31. The molecule has 0 aromatic carbocycles. The fraction of sp³-hybridized carbons (Fsp3) is 0.857. The quantitative estimate of drug-likeness (QED) is 0.561. The van der Waals surface area contributed by atoms with E-state index in [1.807, 2.05) is 0 Å². The summed E-state index contributed by atoms with van der Waals surface area (Å²) in [6.45, 7) is 14.3. The van der Waals surface area contributed by atoms with Crippen LogP contribution in [0.5, 0.6) is 0 Å². The van der Waals surface area contributed by atoms with Crippen molar-refractivity contribution in [2.45, 2.75) is 54.4 Å². The van der Waals surface area contributed by atoms with Crippen molar-refractivity contribution in [1.82, 2.24) is 0 Å². The van der Waals surface area contributed by atoms with Gasteiger partial charge in [-0.3, -0.25) is 0 Å². The largest absolute Gasteiger partial charge is 0.0874 e. The second kappa shape index (κ2) is 3.72. The van der Waals surface area contributed by atoms with Crippen molar-refractivity contribution in [2.24, 2.45) is 22.7 Å². The molecule has 0 atom stereocenters. The summed E-state index contributed by atoms with van der Waals surface area (Å²) in [5.74, 6) is 1.57. The van der Waals surface area contributed by atoms with Crippen LogP contribution in [0.15, 0.2) is 12.2 Å².